The van der Waals surface area contributed by atoms with Gasteiger partial charge in [0.05, 0.1) is 38.0 Å². The molecule has 2 heterocycles. The summed E-state index contributed by atoms with van der Waals surface area (Å²) in [6.45, 7) is 5.62. The Bertz CT molecular complexity index is 1100. The molecule has 0 radical (unpaired) electrons. The lowest BCUT2D eigenvalue weighted by Gasteiger charge is -2.28. The van der Waals surface area contributed by atoms with Gasteiger partial charge >= 0.3 is 0 Å². The Kier molecular flexibility index (Phi) is 7.60. The van der Waals surface area contributed by atoms with Gasteiger partial charge in [-0.3, -0.25) is 9.59 Å². The number of carbonyl (C=O) groups is 2. The van der Waals surface area contributed by atoms with Crippen LogP contribution in [0.3, 0.4) is 0 Å². The van der Waals surface area contributed by atoms with Gasteiger partial charge in [0, 0.05) is 18.7 Å². The lowest BCUT2D eigenvalue weighted by atomic mass is 9.94. The summed E-state index contributed by atoms with van der Waals surface area (Å²) in [5.41, 5.74) is 1.09. The van der Waals surface area contributed by atoms with Gasteiger partial charge < -0.3 is 29.0 Å². The summed E-state index contributed by atoms with van der Waals surface area (Å²) in [4.78, 5) is 27.9. The lowest BCUT2D eigenvalue weighted by Crippen LogP contribution is -2.36. The number of methoxy groups -OCH3 is 1. The van der Waals surface area contributed by atoms with E-state index in [1.165, 1.54) is 12.0 Å². The minimum atomic E-state index is -0.796. The maximum absolute atomic E-state index is 13.3. The van der Waals surface area contributed by atoms with Crippen molar-refractivity contribution in [1.29, 1.82) is 0 Å². The molecule has 1 N–H and O–H groups in total. The van der Waals surface area contributed by atoms with Crippen molar-refractivity contribution in [2.75, 3.05) is 33.5 Å². The van der Waals surface area contributed by atoms with Crippen molar-refractivity contribution in [3.05, 3.63) is 59.2 Å². The molecule has 2 atom stereocenters. The van der Waals surface area contributed by atoms with Crippen LogP contribution >= 0.6 is 0 Å². The number of Topliss-reactive ketones (excluding diaryl/α,β-unsaturated/α-hetero) is 1. The highest BCUT2D eigenvalue weighted by Crippen LogP contribution is 2.42. The minimum absolute atomic E-state index is 0.0309. The molecule has 0 spiro atoms. The maximum atomic E-state index is 13.3. The Balaban J connectivity index is 1.81. The van der Waals surface area contributed by atoms with Crippen molar-refractivity contribution in [2.45, 2.75) is 38.8 Å². The summed E-state index contributed by atoms with van der Waals surface area (Å²) in [5, 5.41) is 11.3. The SMILES string of the molecule is CCOc1ccc(C(O)=C2C(=O)C(=O)N(CC3CCCO3)C2c2ccc(OCC)c(OC)c2)cc1. The van der Waals surface area contributed by atoms with Crippen LogP contribution in [0.25, 0.3) is 5.76 Å². The number of rotatable bonds is 9. The van der Waals surface area contributed by atoms with Crippen LogP contribution in [0.1, 0.15) is 43.9 Å². The first-order chi connectivity index (χ1) is 17.0. The smallest absolute Gasteiger partial charge is 0.295 e. The lowest BCUT2D eigenvalue weighted by molar-refractivity contribution is -0.140. The van der Waals surface area contributed by atoms with E-state index in [0.29, 0.717) is 48.2 Å². The third kappa shape index (κ3) is 4.98. The summed E-state index contributed by atoms with van der Waals surface area (Å²) in [5.74, 6) is 0.0577. The van der Waals surface area contributed by atoms with Crippen molar-refractivity contribution in [2.24, 2.45) is 0 Å². The Morgan fingerprint density at radius 2 is 1.80 bits per heavy atom. The molecule has 2 fully saturated rings. The molecule has 8 heteroatoms. The average Bonchev–Trinajstić information content (AvgIpc) is 3.47. The summed E-state index contributed by atoms with van der Waals surface area (Å²) < 4.78 is 22.4. The van der Waals surface area contributed by atoms with E-state index in [1.54, 1.807) is 42.5 Å². The first-order valence-corrected chi connectivity index (χ1v) is 11.9. The summed E-state index contributed by atoms with van der Waals surface area (Å²) in [7, 11) is 1.53. The number of ketones is 1. The van der Waals surface area contributed by atoms with Crippen LogP contribution in [-0.4, -0.2) is 61.3 Å². The number of carbonyl (C=O) groups excluding carboxylic acids is 2. The summed E-state index contributed by atoms with van der Waals surface area (Å²) in [6.07, 6.45) is 1.55. The van der Waals surface area contributed by atoms with Gasteiger partial charge in [-0.2, -0.15) is 0 Å². The summed E-state index contributed by atoms with van der Waals surface area (Å²) >= 11 is 0. The molecule has 1 amide bonds. The Morgan fingerprint density at radius 1 is 1.06 bits per heavy atom. The number of aliphatic hydroxyl groups is 1. The molecule has 186 valence electrons. The minimum Gasteiger partial charge on any atom is -0.507 e. The molecule has 0 bridgehead atoms. The van der Waals surface area contributed by atoms with Crippen LogP contribution < -0.4 is 14.2 Å². The van der Waals surface area contributed by atoms with Crippen LogP contribution in [0.15, 0.2) is 48.0 Å². The fourth-order valence-electron chi connectivity index (χ4n) is 4.58. The second-order valence-corrected chi connectivity index (χ2v) is 8.39. The first kappa shape index (κ1) is 24.6. The molecule has 35 heavy (non-hydrogen) atoms. The normalized spacial score (nSPS) is 21.4. The molecule has 8 nitrogen and oxygen atoms in total. The Labute approximate surface area is 205 Å². The number of aliphatic hydroxyl groups excluding tert-OH is 1. The van der Waals surface area contributed by atoms with E-state index >= 15 is 0 Å². The molecule has 2 aliphatic rings. The number of hydrogen-bond donors (Lipinski definition) is 1. The van der Waals surface area contributed by atoms with Crippen molar-refractivity contribution < 1.29 is 33.6 Å². The van der Waals surface area contributed by atoms with Gasteiger partial charge in [-0.15, -0.1) is 0 Å². The van der Waals surface area contributed by atoms with Gasteiger partial charge in [-0.05, 0) is 68.7 Å². The highest BCUT2D eigenvalue weighted by molar-refractivity contribution is 6.46. The standard InChI is InChI=1S/C27H31NO7/c1-4-33-19-11-8-17(9-12-19)25(29)23-24(18-10-13-21(34-5-2)22(15-18)32-3)28(27(31)26(23)30)16-20-7-6-14-35-20/h8-13,15,20,24,29H,4-7,14,16H2,1-3H3. The predicted octanol–water partition coefficient (Wildman–Crippen LogP) is 4.09. The van der Waals surface area contributed by atoms with Crippen LogP contribution in [0, 0.1) is 0 Å². The van der Waals surface area contributed by atoms with E-state index in [-0.39, 0.29) is 24.0 Å². The number of ether oxygens (including phenoxy) is 4. The fourth-order valence-corrected chi connectivity index (χ4v) is 4.58. The number of hydrogen-bond acceptors (Lipinski definition) is 7. The second kappa shape index (κ2) is 10.8. The molecule has 2 unspecified atom stereocenters. The molecular weight excluding hydrogens is 450 g/mol. The molecule has 2 aromatic carbocycles. The molecule has 0 aliphatic carbocycles. The summed E-state index contributed by atoms with van der Waals surface area (Å²) in [6, 6.07) is 11.3. The molecule has 2 saturated heterocycles. The monoisotopic (exact) mass is 481 g/mol. The predicted molar refractivity (Wildman–Crippen MR) is 130 cm³/mol. The number of benzene rings is 2. The van der Waals surface area contributed by atoms with Crippen molar-refractivity contribution in [3.8, 4) is 17.2 Å². The number of likely N-dealkylation sites (tertiary alicyclic amines) is 1. The van der Waals surface area contributed by atoms with Crippen LogP contribution in [0.4, 0.5) is 0 Å². The van der Waals surface area contributed by atoms with Gasteiger partial charge in [0.15, 0.2) is 11.5 Å². The van der Waals surface area contributed by atoms with Crippen LogP contribution in [0.5, 0.6) is 17.2 Å². The first-order valence-electron chi connectivity index (χ1n) is 11.9. The van der Waals surface area contributed by atoms with E-state index in [4.69, 9.17) is 18.9 Å². The molecule has 2 aromatic rings. The van der Waals surface area contributed by atoms with Crippen molar-refractivity contribution in [3.63, 3.8) is 0 Å². The fraction of sp³-hybridized carbons (Fsp3) is 0.407. The highest BCUT2D eigenvalue weighted by Gasteiger charge is 2.47. The van der Waals surface area contributed by atoms with E-state index in [0.717, 1.165) is 12.8 Å². The average molecular weight is 482 g/mol. The topological polar surface area (TPSA) is 94.5 Å². The van der Waals surface area contributed by atoms with E-state index in [2.05, 4.69) is 0 Å². The largest absolute Gasteiger partial charge is 0.507 e. The van der Waals surface area contributed by atoms with Gasteiger partial charge in [-0.1, -0.05) is 6.07 Å². The number of amides is 1. The Morgan fingerprint density at radius 3 is 2.43 bits per heavy atom. The van der Waals surface area contributed by atoms with Crippen LogP contribution in [0.2, 0.25) is 0 Å². The molecule has 4 rings (SSSR count). The van der Waals surface area contributed by atoms with Gasteiger partial charge in [0.1, 0.15) is 11.5 Å². The van der Waals surface area contributed by atoms with E-state index < -0.39 is 17.7 Å². The zero-order chi connectivity index (χ0) is 24.9. The second-order valence-electron chi connectivity index (χ2n) is 8.39. The third-order valence-electron chi connectivity index (χ3n) is 6.21. The number of nitrogens with zero attached hydrogens (tertiary/aromatic N) is 1. The third-order valence-corrected chi connectivity index (χ3v) is 6.21. The Hall–Kier alpha value is -3.52. The quantitative estimate of drug-likeness (QED) is 0.327. The molecular formula is C27H31NO7. The van der Waals surface area contributed by atoms with Gasteiger partial charge in [0.2, 0.25) is 0 Å². The van der Waals surface area contributed by atoms with Crippen LogP contribution in [-0.2, 0) is 14.3 Å². The van der Waals surface area contributed by atoms with E-state index in [1.807, 2.05) is 13.8 Å². The zero-order valence-corrected chi connectivity index (χ0v) is 20.3. The van der Waals surface area contributed by atoms with Gasteiger partial charge in [0.25, 0.3) is 11.7 Å². The maximum Gasteiger partial charge on any atom is 0.295 e. The molecule has 0 saturated carbocycles. The molecule has 0 aromatic heterocycles. The van der Waals surface area contributed by atoms with Crippen molar-refractivity contribution >= 4 is 17.4 Å². The molecule has 2 aliphatic heterocycles. The zero-order valence-electron chi connectivity index (χ0n) is 20.3. The van der Waals surface area contributed by atoms with Gasteiger partial charge in [-0.25, -0.2) is 0 Å². The highest BCUT2D eigenvalue weighted by atomic mass is 16.5. The van der Waals surface area contributed by atoms with E-state index in [9.17, 15) is 14.7 Å². The van der Waals surface area contributed by atoms with Crippen molar-refractivity contribution in [1.82, 2.24) is 4.90 Å².